The van der Waals surface area contributed by atoms with Gasteiger partial charge in [0.15, 0.2) is 10.2 Å². The van der Waals surface area contributed by atoms with Gasteiger partial charge < -0.3 is 15.0 Å². The average molecular weight is 462 g/mol. The number of benzene rings is 1. The van der Waals surface area contributed by atoms with Crippen LogP contribution in [-0.2, 0) is 0 Å². The van der Waals surface area contributed by atoms with Gasteiger partial charge in [0.2, 0.25) is 0 Å². The molecule has 0 saturated carbocycles. The largest absolute Gasteiger partial charge is 0.497 e. The molecule has 0 aliphatic carbocycles. The molecule has 3 aromatic heterocycles. The Kier molecular flexibility index (Phi) is 5.40. The van der Waals surface area contributed by atoms with E-state index >= 15 is 0 Å². The van der Waals surface area contributed by atoms with E-state index in [4.69, 9.17) is 17.0 Å². The number of nitrogens with one attached hydrogen (secondary N) is 1. The van der Waals surface area contributed by atoms with Crippen LogP contribution in [0.15, 0.2) is 66.3 Å². The van der Waals surface area contributed by atoms with Gasteiger partial charge in [-0.25, -0.2) is 4.98 Å². The van der Waals surface area contributed by atoms with Crippen LogP contribution in [0, 0.1) is 13.8 Å². The fourth-order valence-electron chi connectivity index (χ4n) is 4.40. The van der Waals surface area contributed by atoms with Crippen molar-refractivity contribution < 1.29 is 4.74 Å². The van der Waals surface area contributed by atoms with E-state index in [-0.39, 0.29) is 12.1 Å². The van der Waals surface area contributed by atoms with Crippen LogP contribution >= 0.6 is 23.6 Å². The lowest BCUT2D eigenvalue weighted by molar-refractivity contribution is 0.415. The normalized spacial score (nSPS) is 18.1. The smallest absolute Gasteiger partial charge is 0.193 e. The number of thiocarbonyl (C=S) groups is 1. The summed E-state index contributed by atoms with van der Waals surface area (Å²) >= 11 is 7.47. The molecule has 162 valence electrons. The highest BCUT2D eigenvalue weighted by molar-refractivity contribution is 7.80. The number of ether oxygens (including phenoxy) is 1. The van der Waals surface area contributed by atoms with Gasteiger partial charge in [-0.1, -0.05) is 6.07 Å². The molecule has 1 fully saturated rings. The van der Waals surface area contributed by atoms with Gasteiger partial charge >= 0.3 is 0 Å². The van der Waals surface area contributed by atoms with Crippen molar-refractivity contribution in [1.29, 1.82) is 0 Å². The van der Waals surface area contributed by atoms with Gasteiger partial charge in [-0.05, 0) is 74.1 Å². The summed E-state index contributed by atoms with van der Waals surface area (Å²) in [4.78, 5) is 11.4. The standard InChI is InChI=1S/C24H23N5OS2/c1-15-14-19(16(2)28(15)24-26-12-13-32-24)22-21(20-6-4-5-11-25-20)27-23(31)29(22)17-7-9-18(30-3)10-8-17/h4-14,21-22H,1-3H3,(H,27,31). The quantitative estimate of drug-likeness (QED) is 0.416. The van der Waals surface area contributed by atoms with Crippen molar-refractivity contribution >= 4 is 34.4 Å². The van der Waals surface area contributed by atoms with Gasteiger partial charge in [0.25, 0.3) is 0 Å². The van der Waals surface area contributed by atoms with Crippen LogP contribution in [-0.4, -0.2) is 26.8 Å². The van der Waals surface area contributed by atoms with Crippen LogP contribution < -0.4 is 15.0 Å². The fraction of sp³-hybridized carbons (Fsp3) is 0.208. The Labute approximate surface area is 196 Å². The molecule has 0 radical (unpaired) electrons. The maximum atomic E-state index is 5.84. The topological polar surface area (TPSA) is 55.2 Å². The SMILES string of the molecule is COc1ccc(N2C(=S)NC(c3ccccn3)C2c2cc(C)n(-c3nccs3)c2C)cc1. The number of pyridine rings is 1. The molecule has 8 heteroatoms. The van der Waals surface area contributed by atoms with Gasteiger partial charge in [0, 0.05) is 34.8 Å². The van der Waals surface area contributed by atoms with E-state index in [1.165, 1.54) is 5.56 Å². The Morgan fingerprint density at radius 2 is 1.88 bits per heavy atom. The molecular formula is C24H23N5OS2. The van der Waals surface area contributed by atoms with Gasteiger partial charge in [-0.3, -0.25) is 9.55 Å². The monoisotopic (exact) mass is 461 g/mol. The summed E-state index contributed by atoms with van der Waals surface area (Å²) in [5, 5.41) is 7.17. The van der Waals surface area contributed by atoms with Gasteiger partial charge in [0.1, 0.15) is 5.75 Å². The summed E-state index contributed by atoms with van der Waals surface area (Å²) in [5.41, 5.74) is 5.44. The molecule has 1 N–H and O–H groups in total. The van der Waals surface area contributed by atoms with Crippen LogP contribution in [0.5, 0.6) is 5.75 Å². The first kappa shape index (κ1) is 20.7. The molecule has 5 rings (SSSR count). The number of thiazole rings is 1. The third-order valence-electron chi connectivity index (χ3n) is 5.85. The predicted octanol–water partition coefficient (Wildman–Crippen LogP) is 5.13. The maximum absolute atomic E-state index is 5.84. The highest BCUT2D eigenvalue weighted by Crippen LogP contribution is 2.44. The van der Waals surface area contributed by atoms with E-state index in [1.54, 1.807) is 18.4 Å². The number of rotatable bonds is 5. The first-order chi connectivity index (χ1) is 15.6. The number of aryl methyl sites for hydroxylation is 1. The molecular weight excluding hydrogens is 438 g/mol. The van der Waals surface area contributed by atoms with Crippen LogP contribution in [0.3, 0.4) is 0 Å². The second-order valence-corrected chi connectivity index (χ2v) is 8.93. The van der Waals surface area contributed by atoms with Crippen molar-refractivity contribution in [3.8, 4) is 10.9 Å². The lowest BCUT2D eigenvalue weighted by Gasteiger charge is -2.28. The molecule has 0 amide bonds. The number of nitrogens with zero attached hydrogens (tertiary/aromatic N) is 4. The molecule has 1 aromatic carbocycles. The summed E-state index contributed by atoms with van der Waals surface area (Å²) in [7, 11) is 1.67. The van der Waals surface area contributed by atoms with Crippen molar-refractivity contribution in [1.82, 2.24) is 19.9 Å². The molecule has 0 bridgehead atoms. The van der Waals surface area contributed by atoms with Crippen molar-refractivity contribution in [2.45, 2.75) is 25.9 Å². The minimum Gasteiger partial charge on any atom is -0.497 e. The first-order valence-corrected chi connectivity index (χ1v) is 11.6. The Balaban J connectivity index is 1.66. The minimum absolute atomic E-state index is 0.0642. The molecule has 1 saturated heterocycles. The van der Waals surface area contributed by atoms with E-state index in [0.29, 0.717) is 5.11 Å². The van der Waals surface area contributed by atoms with E-state index in [1.807, 2.05) is 60.2 Å². The van der Waals surface area contributed by atoms with Crippen LogP contribution in [0.1, 0.15) is 34.7 Å². The summed E-state index contributed by atoms with van der Waals surface area (Å²) < 4.78 is 7.57. The highest BCUT2D eigenvalue weighted by atomic mass is 32.1. The summed E-state index contributed by atoms with van der Waals surface area (Å²) in [6.07, 6.45) is 3.66. The number of hydrogen-bond acceptors (Lipinski definition) is 5. The molecule has 1 aliphatic heterocycles. The predicted molar refractivity (Wildman–Crippen MR) is 132 cm³/mol. The highest BCUT2D eigenvalue weighted by Gasteiger charge is 2.42. The molecule has 32 heavy (non-hydrogen) atoms. The number of aromatic nitrogens is 3. The van der Waals surface area contributed by atoms with Crippen LogP contribution in [0.2, 0.25) is 0 Å². The Morgan fingerprint density at radius 3 is 2.53 bits per heavy atom. The van der Waals surface area contributed by atoms with Crippen molar-refractivity contribution in [3.63, 3.8) is 0 Å². The zero-order valence-electron chi connectivity index (χ0n) is 18.0. The first-order valence-electron chi connectivity index (χ1n) is 10.3. The van der Waals surface area contributed by atoms with Crippen molar-refractivity contribution in [2.75, 3.05) is 12.0 Å². The van der Waals surface area contributed by atoms with Crippen LogP contribution in [0.4, 0.5) is 5.69 Å². The van der Waals surface area contributed by atoms with E-state index in [2.05, 4.69) is 44.7 Å². The number of methoxy groups -OCH3 is 1. The zero-order valence-corrected chi connectivity index (χ0v) is 19.7. The second-order valence-electron chi connectivity index (χ2n) is 7.67. The lowest BCUT2D eigenvalue weighted by atomic mass is 9.96. The van der Waals surface area contributed by atoms with Gasteiger partial charge in [-0.2, -0.15) is 0 Å². The Morgan fingerprint density at radius 1 is 1.06 bits per heavy atom. The third-order valence-corrected chi connectivity index (χ3v) is 6.92. The molecule has 2 atom stereocenters. The van der Waals surface area contributed by atoms with E-state index in [9.17, 15) is 0 Å². The van der Waals surface area contributed by atoms with Gasteiger partial charge in [0.05, 0.1) is 24.9 Å². The molecule has 4 heterocycles. The fourth-order valence-corrected chi connectivity index (χ4v) is 5.50. The summed E-state index contributed by atoms with van der Waals surface area (Å²) in [6, 6.07) is 16.1. The van der Waals surface area contributed by atoms with Crippen molar-refractivity contribution in [2.24, 2.45) is 0 Å². The molecule has 2 unspecified atom stereocenters. The minimum atomic E-state index is -0.0870. The zero-order chi connectivity index (χ0) is 22.2. The van der Waals surface area contributed by atoms with Crippen molar-refractivity contribution in [3.05, 3.63) is 88.9 Å². The molecule has 0 spiro atoms. The third kappa shape index (κ3) is 3.45. The summed E-state index contributed by atoms with van der Waals surface area (Å²) in [5.74, 6) is 0.812. The molecule has 1 aliphatic rings. The Bertz CT molecular complexity index is 1240. The average Bonchev–Trinajstić information content (AvgIpc) is 3.52. The molecule has 6 nitrogen and oxygen atoms in total. The summed E-state index contributed by atoms with van der Waals surface area (Å²) in [6.45, 7) is 4.26. The number of anilines is 1. The Hall–Kier alpha value is -3.23. The van der Waals surface area contributed by atoms with E-state index in [0.717, 1.165) is 33.7 Å². The molecule has 4 aromatic rings. The van der Waals surface area contributed by atoms with Crippen LogP contribution in [0.25, 0.3) is 5.13 Å². The van der Waals surface area contributed by atoms with Gasteiger partial charge in [-0.15, -0.1) is 11.3 Å². The van der Waals surface area contributed by atoms with E-state index < -0.39 is 0 Å². The lowest BCUT2D eigenvalue weighted by Crippen LogP contribution is -2.29. The number of hydrogen-bond donors (Lipinski definition) is 1. The maximum Gasteiger partial charge on any atom is 0.193 e. The second kappa shape index (κ2) is 8.37.